The van der Waals surface area contributed by atoms with Gasteiger partial charge in [0.25, 0.3) is 0 Å². The van der Waals surface area contributed by atoms with Gasteiger partial charge in [-0.2, -0.15) is 0 Å². The molecule has 1 N–H and O–H groups in total. The Kier molecular flexibility index (Phi) is 5.66. The van der Waals surface area contributed by atoms with Crippen LogP contribution in [0.15, 0.2) is 48.5 Å². The zero-order valence-corrected chi connectivity index (χ0v) is 17.1. The molecule has 2 aliphatic heterocycles. The number of piperidine rings is 1. The number of nitrogens with one attached hydrogen (secondary N) is 1. The maximum atomic E-state index is 3.65. The predicted molar refractivity (Wildman–Crippen MR) is 115 cm³/mol. The summed E-state index contributed by atoms with van der Waals surface area (Å²) in [5.41, 5.74) is 5.59. The molecular weight excluding hydrogens is 328 g/mol. The summed E-state index contributed by atoms with van der Waals surface area (Å²) in [6.07, 6.45) is 5.19. The molecule has 0 bridgehead atoms. The fraction of sp³-hybridized carbons (Fsp3) is 0.520. The highest BCUT2D eigenvalue weighted by Gasteiger charge is 2.24. The Hall–Kier alpha value is -1.64. The van der Waals surface area contributed by atoms with Crippen LogP contribution in [-0.2, 0) is 0 Å². The van der Waals surface area contributed by atoms with Crippen molar-refractivity contribution in [3.8, 4) is 11.1 Å². The van der Waals surface area contributed by atoms with E-state index in [9.17, 15) is 0 Å². The van der Waals surface area contributed by atoms with Gasteiger partial charge in [0.15, 0.2) is 0 Å². The summed E-state index contributed by atoms with van der Waals surface area (Å²) >= 11 is 0. The number of hydrogen-bond acceptors (Lipinski definition) is 2. The van der Waals surface area contributed by atoms with Crippen LogP contribution in [0.3, 0.4) is 0 Å². The molecule has 2 heteroatoms. The van der Waals surface area contributed by atoms with Crippen molar-refractivity contribution in [1.29, 1.82) is 0 Å². The molecule has 0 amide bonds. The highest BCUT2D eigenvalue weighted by molar-refractivity contribution is 5.64. The molecule has 0 aliphatic carbocycles. The van der Waals surface area contributed by atoms with E-state index < -0.39 is 0 Å². The Morgan fingerprint density at radius 3 is 1.89 bits per heavy atom. The van der Waals surface area contributed by atoms with Gasteiger partial charge in [0, 0.05) is 18.1 Å². The van der Waals surface area contributed by atoms with Crippen molar-refractivity contribution in [1.82, 2.24) is 10.2 Å². The van der Waals surface area contributed by atoms with Crippen LogP contribution in [0.4, 0.5) is 0 Å². The molecule has 3 unspecified atom stereocenters. The van der Waals surface area contributed by atoms with Gasteiger partial charge in [0.1, 0.15) is 0 Å². The lowest BCUT2D eigenvalue weighted by atomic mass is 9.83. The quantitative estimate of drug-likeness (QED) is 0.744. The van der Waals surface area contributed by atoms with Crippen molar-refractivity contribution in [2.45, 2.75) is 70.5 Å². The Balaban J connectivity index is 1.45. The minimum Gasteiger partial charge on any atom is -0.312 e. The summed E-state index contributed by atoms with van der Waals surface area (Å²) in [5.74, 6) is 0.689. The molecule has 0 radical (unpaired) electrons. The molecule has 2 saturated heterocycles. The third-order valence-electron chi connectivity index (χ3n) is 6.64. The van der Waals surface area contributed by atoms with Crippen molar-refractivity contribution in [2.24, 2.45) is 0 Å². The molecule has 144 valence electrons. The van der Waals surface area contributed by atoms with Gasteiger partial charge in [-0.3, -0.25) is 4.90 Å². The van der Waals surface area contributed by atoms with Crippen LogP contribution < -0.4 is 5.32 Å². The molecular formula is C25H34N2. The van der Waals surface area contributed by atoms with Crippen molar-refractivity contribution in [2.75, 3.05) is 13.1 Å². The van der Waals surface area contributed by atoms with Crippen LogP contribution in [0.5, 0.6) is 0 Å². The fourth-order valence-corrected chi connectivity index (χ4v) is 5.09. The third kappa shape index (κ3) is 4.28. The minimum atomic E-state index is 0.535. The number of likely N-dealkylation sites (tertiary alicyclic amines) is 1. The highest BCUT2D eigenvalue weighted by Crippen LogP contribution is 2.32. The Morgan fingerprint density at radius 1 is 0.815 bits per heavy atom. The second kappa shape index (κ2) is 8.16. The number of nitrogens with zero attached hydrogens (tertiary/aromatic N) is 1. The lowest BCUT2D eigenvalue weighted by molar-refractivity contribution is 0.263. The number of benzene rings is 2. The van der Waals surface area contributed by atoms with E-state index in [-0.39, 0.29) is 0 Å². The van der Waals surface area contributed by atoms with Crippen LogP contribution in [0, 0.1) is 0 Å². The van der Waals surface area contributed by atoms with E-state index in [2.05, 4.69) is 79.5 Å². The van der Waals surface area contributed by atoms with Gasteiger partial charge < -0.3 is 5.32 Å². The number of hydrogen-bond donors (Lipinski definition) is 1. The van der Waals surface area contributed by atoms with Crippen LogP contribution in [0.2, 0.25) is 0 Å². The molecule has 27 heavy (non-hydrogen) atoms. The first-order valence-corrected chi connectivity index (χ1v) is 10.8. The molecule has 2 fully saturated rings. The van der Waals surface area contributed by atoms with Crippen molar-refractivity contribution in [3.63, 3.8) is 0 Å². The maximum Gasteiger partial charge on any atom is 0.0319 e. The van der Waals surface area contributed by atoms with E-state index in [1.165, 1.54) is 61.0 Å². The molecule has 2 aliphatic rings. The van der Waals surface area contributed by atoms with Gasteiger partial charge in [-0.15, -0.1) is 0 Å². The summed E-state index contributed by atoms with van der Waals surface area (Å²) in [6, 6.07) is 20.3. The SMILES string of the molecule is CC1CC(c2ccc(-c3ccc(C(C)N4CCCC4)cc3)cc2)CC(C)N1. The van der Waals surface area contributed by atoms with Crippen molar-refractivity contribution < 1.29 is 0 Å². The van der Waals surface area contributed by atoms with Crippen molar-refractivity contribution in [3.05, 3.63) is 59.7 Å². The average molecular weight is 363 g/mol. The van der Waals surface area contributed by atoms with Gasteiger partial charge in [-0.25, -0.2) is 0 Å². The topological polar surface area (TPSA) is 15.3 Å². The zero-order valence-electron chi connectivity index (χ0n) is 17.1. The molecule has 2 heterocycles. The van der Waals surface area contributed by atoms with Gasteiger partial charge in [0.2, 0.25) is 0 Å². The molecule has 0 spiro atoms. The minimum absolute atomic E-state index is 0.535. The summed E-state index contributed by atoms with van der Waals surface area (Å²) in [7, 11) is 0. The maximum absolute atomic E-state index is 3.65. The molecule has 4 rings (SSSR count). The third-order valence-corrected chi connectivity index (χ3v) is 6.64. The number of rotatable bonds is 4. The van der Waals surface area contributed by atoms with E-state index in [0.29, 0.717) is 24.0 Å². The molecule has 3 atom stereocenters. The predicted octanol–water partition coefficient (Wildman–Crippen LogP) is 5.75. The van der Waals surface area contributed by atoms with E-state index in [0.717, 1.165) is 0 Å². The highest BCUT2D eigenvalue weighted by atomic mass is 15.2. The summed E-state index contributed by atoms with van der Waals surface area (Å²) in [4.78, 5) is 2.60. The van der Waals surface area contributed by atoms with Gasteiger partial charge >= 0.3 is 0 Å². The van der Waals surface area contributed by atoms with E-state index in [4.69, 9.17) is 0 Å². The molecule has 2 aromatic rings. The standard InChI is InChI=1S/C25H34N2/c1-18-16-25(17-19(2)26-18)24-12-10-23(11-13-24)22-8-6-21(7-9-22)20(3)27-14-4-5-15-27/h6-13,18-20,25-26H,4-5,14-17H2,1-3H3. The largest absolute Gasteiger partial charge is 0.312 e. The molecule has 0 aromatic heterocycles. The zero-order chi connectivity index (χ0) is 18.8. The average Bonchev–Trinajstić information content (AvgIpc) is 3.22. The van der Waals surface area contributed by atoms with Crippen LogP contribution >= 0.6 is 0 Å². The Labute approximate surface area is 165 Å². The molecule has 2 aromatic carbocycles. The van der Waals surface area contributed by atoms with Crippen molar-refractivity contribution >= 4 is 0 Å². The van der Waals surface area contributed by atoms with Crippen LogP contribution in [0.1, 0.15) is 69.5 Å². The van der Waals surface area contributed by atoms with E-state index >= 15 is 0 Å². The van der Waals surface area contributed by atoms with Gasteiger partial charge in [0.05, 0.1) is 0 Å². The monoisotopic (exact) mass is 362 g/mol. The second-order valence-corrected chi connectivity index (χ2v) is 8.80. The van der Waals surface area contributed by atoms with Crippen LogP contribution in [0.25, 0.3) is 11.1 Å². The van der Waals surface area contributed by atoms with E-state index in [1.807, 2.05) is 0 Å². The second-order valence-electron chi connectivity index (χ2n) is 8.80. The van der Waals surface area contributed by atoms with Gasteiger partial charge in [-0.05, 0) is 87.7 Å². The summed E-state index contributed by atoms with van der Waals surface area (Å²) in [5, 5.41) is 3.65. The van der Waals surface area contributed by atoms with Crippen LogP contribution in [-0.4, -0.2) is 30.1 Å². The summed E-state index contributed by atoms with van der Waals surface area (Å²) in [6.45, 7) is 9.45. The Morgan fingerprint density at radius 2 is 1.33 bits per heavy atom. The molecule has 2 nitrogen and oxygen atoms in total. The first kappa shape index (κ1) is 18.7. The first-order chi connectivity index (χ1) is 13.1. The van der Waals surface area contributed by atoms with Gasteiger partial charge in [-0.1, -0.05) is 48.5 Å². The fourth-order valence-electron chi connectivity index (χ4n) is 5.09. The molecule has 0 saturated carbocycles. The smallest absolute Gasteiger partial charge is 0.0319 e. The normalized spacial score (nSPS) is 27.6. The summed E-state index contributed by atoms with van der Waals surface area (Å²) < 4.78 is 0. The lowest BCUT2D eigenvalue weighted by Gasteiger charge is -2.33. The lowest BCUT2D eigenvalue weighted by Crippen LogP contribution is -2.41. The first-order valence-electron chi connectivity index (χ1n) is 10.8. The Bertz CT molecular complexity index is 718. The van der Waals surface area contributed by atoms with E-state index in [1.54, 1.807) is 0 Å².